The Balaban J connectivity index is 1.59. The largest absolute Gasteiger partial charge is 0.342 e. The maximum absolute atomic E-state index is 12.5. The van der Waals surface area contributed by atoms with Crippen LogP contribution in [0.25, 0.3) is 5.57 Å². The van der Waals surface area contributed by atoms with Gasteiger partial charge in [0.25, 0.3) is 30.4 Å². The fraction of sp³-hybridized carbons (Fsp3) is 0.139. The van der Waals surface area contributed by atoms with Gasteiger partial charge < -0.3 is 4.90 Å². The van der Waals surface area contributed by atoms with Crippen LogP contribution in [0.1, 0.15) is 30.5 Å². The van der Waals surface area contributed by atoms with Gasteiger partial charge in [-0.2, -0.15) is 25.3 Å². The first-order chi connectivity index (χ1) is 23.6. The molecule has 0 radical (unpaired) electrons. The predicted octanol–water partition coefficient (Wildman–Crippen LogP) is 6.19. The summed E-state index contributed by atoms with van der Waals surface area (Å²) in [5, 5.41) is 0. The quantitative estimate of drug-likeness (QED) is 0.119. The number of nitrogens with zero attached hydrogens (tertiary/aromatic N) is 2. The number of allylic oxidation sites excluding steroid dienone is 5. The fourth-order valence-corrected chi connectivity index (χ4v) is 7.53. The van der Waals surface area contributed by atoms with Gasteiger partial charge in [0.05, 0.1) is 9.79 Å². The van der Waals surface area contributed by atoms with Crippen LogP contribution >= 0.6 is 0 Å². The van der Waals surface area contributed by atoms with Crippen LogP contribution in [-0.4, -0.2) is 62.3 Å². The zero-order valence-electron chi connectivity index (χ0n) is 27.1. The SMILES string of the molecule is CCN(c1ccc(C(=C2C=CC(=[N+](CC)Cc3cccc(S(=O)(=O)O)c3)C=C2)c2ccccc2S(=O)(=O)O)cc1)c1cccc(S(=O)(=O)O)c1. The average Bonchev–Trinajstić information content (AvgIpc) is 3.08. The van der Waals surface area contributed by atoms with Crippen LogP contribution in [0.4, 0.5) is 11.4 Å². The lowest BCUT2D eigenvalue weighted by molar-refractivity contribution is -0.539. The van der Waals surface area contributed by atoms with E-state index in [0.717, 1.165) is 5.71 Å². The molecule has 3 N–H and O–H groups in total. The van der Waals surface area contributed by atoms with Gasteiger partial charge in [0.2, 0.25) is 0 Å². The second-order valence-corrected chi connectivity index (χ2v) is 15.5. The zero-order valence-corrected chi connectivity index (χ0v) is 29.5. The van der Waals surface area contributed by atoms with E-state index in [4.69, 9.17) is 0 Å². The van der Waals surface area contributed by atoms with E-state index in [1.54, 1.807) is 42.5 Å². The molecule has 11 nitrogen and oxygen atoms in total. The highest BCUT2D eigenvalue weighted by Crippen LogP contribution is 2.35. The van der Waals surface area contributed by atoms with Crippen molar-refractivity contribution in [2.24, 2.45) is 0 Å². The van der Waals surface area contributed by atoms with Crippen molar-refractivity contribution in [2.45, 2.75) is 35.1 Å². The predicted molar refractivity (Wildman–Crippen MR) is 192 cm³/mol. The lowest BCUT2D eigenvalue weighted by atomic mass is 9.90. The lowest BCUT2D eigenvalue weighted by Gasteiger charge is -2.24. The summed E-state index contributed by atoms with van der Waals surface area (Å²) in [7, 11) is -13.4. The fourth-order valence-electron chi connectivity index (χ4n) is 5.76. The summed E-state index contributed by atoms with van der Waals surface area (Å²) in [5.41, 5.74) is 4.80. The lowest BCUT2D eigenvalue weighted by Crippen LogP contribution is -2.19. The van der Waals surface area contributed by atoms with Crippen molar-refractivity contribution in [3.05, 3.63) is 144 Å². The van der Waals surface area contributed by atoms with Gasteiger partial charge in [0, 0.05) is 41.2 Å². The van der Waals surface area contributed by atoms with Gasteiger partial charge in [-0.05, 0) is 91.2 Å². The second kappa shape index (κ2) is 14.6. The monoisotopic (exact) mass is 735 g/mol. The van der Waals surface area contributed by atoms with Gasteiger partial charge in [-0.3, -0.25) is 13.7 Å². The van der Waals surface area contributed by atoms with Crippen LogP contribution in [0.3, 0.4) is 0 Å². The summed E-state index contributed by atoms with van der Waals surface area (Å²) in [5.74, 6) is 0. The van der Waals surface area contributed by atoms with Crippen molar-refractivity contribution < 1.29 is 43.5 Å². The molecule has 0 saturated heterocycles. The van der Waals surface area contributed by atoms with E-state index in [-0.39, 0.29) is 20.2 Å². The number of hydrogen-bond acceptors (Lipinski definition) is 7. The number of rotatable bonds is 11. The highest BCUT2D eigenvalue weighted by molar-refractivity contribution is 7.86. The van der Waals surface area contributed by atoms with Gasteiger partial charge in [-0.15, -0.1) is 0 Å². The van der Waals surface area contributed by atoms with E-state index < -0.39 is 30.4 Å². The molecule has 0 heterocycles. The van der Waals surface area contributed by atoms with Crippen LogP contribution < -0.4 is 4.90 Å². The Morgan fingerprint density at radius 1 is 0.640 bits per heavy atom. The Morgan fingerprint density at radius 3 is 1.82 bits per heavy atom. The molecule has 4 aromatic carbocycles. The maximum Gasteiger partial charge on any atom is 0.295 e. The van der Waals surface area contributed by atoms with Crippen LogP contribution in [0, 0.1) is 0 Å². The number of hydrogen-bond donors (Lipinski definition) is 3. The van der Waals surface area contributed by atoms with Crippen LogP contribution in [0.5, 0.6) is 0 Å². The summed E-state index contributed by atoms with van der Waals surface area (Å²) in [6.45, 7) is 5.22. The van der Waals surface area contributed by atoms with Crippen LogP contribution in [0.15, 0.2) is 142 Å². The first kappa shape index (κ1) is 36.6. The zero-order chi connectivity index (χ0) is 36.3. The molecule has 5 rings (SSSR count). The second-order valence-electron chi connectivity index (χ2n) is 11.3. The topological polar surface area (TPSA) is 169 Å². The number of benzene rings is 4. The Hall–Kier alpha value is -4.70. The van der Waals surface area contributed by atoms with Crippen LogP contribution in [0.2, 0.25) is 0 Å². The Morgan fingerprint density at radius 2 is 1.24 bits per heavy atom. The normalized spacial score (nSPS) is 13.4. The molecule has 1 aliphatic rings. The summed E-state index contributed by atoms with van der Waals surface area (Å²) in [6, 6.07) is 25.3. The average molecular weight is 736 g/mol. The van der Waals surface area contributed by atoms with E-state index in [2.05, 4.69) is 0 Å². The van der Waals surface area contributed by atoms with Gasteiger partial charge >= 0.3 is 0 Å². The molecule has 260 valence electrons. The first-order valence-corrected chi connectivity index (χ1v) is 19.7. The molecule has 0 amide bonds. The summed E-state index contributed by atoms with van der Waals surface area (Å²) >= 11 is 0. The highest BCUT2D eigenvalue weighted by atomic mass is 32.2. The van der Waals surface area contributed by atoms with E-state index in [0.29, 0.717) is 53.3 Å². The van der Waals surface area contributed by atoms with E-state index >= 15 is 0 Å². The molecular weight excluding hydrogens is 701 g/mol. The van der Waals surface area contributed by atoms with Crippen LogP contribution in [-0.2, 0) is 36.9 Å². The molecule has 0 aliphatic heterocycles. The molecule has 0 fully saturated rings. The molecule has 4 aromatic rings. The molecule has 0 bridgehead atoms. The Kier molecular flexibility index (Phi) is 10.7. The van der Waals surface area contributed by atoms with Crippen molar-refractivity contribution in [1.82, 2.24) is 0 Å². The molecule has 14 heteroatoms. The summed E-state index contributed by atoms with van der Waals surface area (Å²) in [6.07, 6.45) is 7.37. The minimum absolute atomic E-state index is 0.196. The van der Waals surface area contributed by atoms with E-state index in [1.807, 2.05) is 59.8 Å². The molecule has 0 saturated carbocycles. The van der Waals surface area contributed by atoms with Gasteiger partial charge in [-0.25, -0.2) is 4.58 Å². The Labute approximate surface area is 292 Å². The smallest absolute Gasteiger partial charge is 0.295 e. The highest BCUT2D eigenvalue weighted by Gasteiger charge is 2.23. The molecule has 0 unspecified atom stereocenters. The molecule has 0 atom stereocenters. The summed E-state index contributed by atoms with van der Waals surface area (Å²) in [4.78, 5) is 1.15. The third-order valence-electron chi connectivity index (χ3n) is 8.12. The minimum Gasteiger partial charge on any atom is -0.342 e. The van der Waals surface area contributed by atoms with Gasteiger partial charge in [0.15, 0.2) is 12.3 Å². The summed E-state index contributed by atoms with van der Waals surface area (Å²) < 4.78 is 103. The standard InChI is InChI=1S/C36H34N2O9S3/c1-3-37(25-26-9-7-11-32(23-26)48(39,40)41)29-19-15-27(16-20-29)36(34-13-5-6-14-35(34)50(45,46)47)28-17-21-30(22-18-28)38(4-2)31-10-8-12-33(24-31)49(42,43)44/h5-24H,3-4,25H2,1-2H3,(H2-,39,40,41,42,43,44,45,46,47)/p+1. The van der Waals surface area contributed by atoms with E-state index in [1.165, 1.54) is 42.5 Å². The molecular formula is C36H35N2O9S3+. The molecule has 0 spiro atoms. The molecule has 50 heavy (non-hydrogen) atoms. The third-order valence-corrected chi connectivity index (χ3v) is 10.7. The maximum atomic E-state index is 12.5. The van der Waals surface area contributed by atoms with Crippen molar-refractivity contribution in [2.75, 3.05) is 18.0 Å². The van der Waals surface area contributed by atoms with Gasteiger partial charge in [0.1, 0.15) is 11.4 Å². The number of anilines is 2. The first-order valence-electron chi connectivity index (χ1n) is 15.4. The van der Waals surface area contributed by atoms with Gasteiger partial charge in [-0.1, -0.05) is 48.5 Å². The van der Waals surface area contributed by atoms with Crippen molar-refractivity contribution in [3.63, 3.8) is 0 Å². The minimum atomic E-state index is -4.61. The molecule has 1 aliphatic carbocycles. The van der Waals surface area contributed by atoms with Crippen molar-refractivity contribution in [1.29, 1.82) is 0 Å². The van der Waals surface area contributed by atoms with Crippen molar-refractivity contribution in [3.8, 4) is 0 Å². The Bertz CT molecular complexity index is 2380. The van der Waals surface area contributed by atoms with E-state index in [9.17, 15) is 38.9 Å². The molecule has 0 aromatic heterocycles. The van der Waals surface area contributed by atoms with Crippen molar-refractivity contribution >= 4 is 53.0 Å². The third kappa shape index (κ3) is 8.35.